The normalized spacial score (nSPS) is 27.5. The molecule has 232 valence electrons. The molecule has 0 unspecified atom stereocenters. The Morgan fingerprint density at radius 2 is 2.07 bits per heavy atom. The average Bonchev–Trinajstić information content (AvgIpc) is 3.32. The number of fused-ring (bicyclic) bond motifs is 3. The first-order chi connectivity index (χ1) is 21.3. The minimum Gasteiger partial charge on any atom is -0.497 e. The number of carboxylic acid groups (broad SMARTS) is 1. The van der Waals surface area contributed by atoms with Crippen LogP contribution in [0.5, 0.6) is 10.9 Å². The quantitative estimate of drug-likeness (QED) is 0.336. The van der Waals surface area contributed by atoms with Crippen molar-refractivity contribution in [3.05, 3.63) is 60.4 Å². The van der Waals surface area contributed by atoms with Crippen LogP contribution in [0.15, 0.2) is 54.6 Å². The summed E-state index contributed by atoms with van der Waals surface area (Å²) >= 11 is 1.19. The number of nitrogens with zero attached hydrogens (tertiary/aromatic N) is 2. The number of allylic oxidation sites excluding steroid dienone is 1. The van der Waals surface area contributed by atoms with Crippen LogP contribution in [-0.2, 0) is 14.4 Å². The number of nitrogens with one attached hydrogen (secondary N) is 2. The van der Waals surface area contributed by atoms with Crippen LogP contribution in [0.2, 0.25) is 0 Å². The number of carbonyl (C=O) groups excluding carboxylic acids is 2. The second kappa shape index (κ2) is 12.4. The number of amides is 2. The lowest BCUT2D eigenvalue weighted by Crippen LogP contribution is -2.55. The molecule has 0 radical (unpaired) electrons. The van der Waals surface area contributed by atoms with Crippen molar-refractivity contribution >= 4 is 45.0 Å². The fraction of sp³-hybridized carbons (Fsp3) is 0.438. The molecule has 0 spiro atoms. The van der Waals surface area contributed by atoms with Gasteiger partial charge in [0.15, 0.2) is 0 Å². The highest BCUT2D eigenvalue weighted by Crippen LogP contribution is 2.45. The third kappa shape index (κ3) is 6.21. The fourth-order valence-electron chi connectivity index (χ4n) is 6.13. The molecule has 3 aromatic rings. The van der Waals surface area contributed by atoms with Crippen molar-refractivity contribution in [2.75, 3.05) is 19.0 Å². The summed E-state index contributed by atoms with van der Waals surface area (Å²) < 4.78 is 25.9. The van der Waals surface area contributed by atoms with Crippen LogP contribution in [0.3, 0.4) is 0 Å². The summed E-state index contributed by atoms with van der Waals surface area (Å²) in [4.78, 5) is 46.4. The van der Waals surface area contributed by atoms with Gasteiger partial charge in [-0.15, -0.1) is 0 Å². The van der Waals surface area contributed by atoms with Gasteiger partial charge < -0.3 is 30.1 Å². The molecule has 5 atom stereocenters. The molecule has 3 aliphatic rings. The van der Waals surface area contributed by atoms with Crippen molar-refractivity contribution in [1.82, 2.24) is 15.2 Å². The maximum atomic E-state index is 14.3. The van der Waals surface area contributed by atoms with Crippen LogP contribution in [0.1, 0.15) is 44.9 Å². The molecule has 44 heavy (non-hydrogen) atoms. The number of anilines is 1. The number of hydrogen-bond donors (Lipinski definition) is 3. The molecular weight excluding hydrogens is 587 g/mol. The third-order valence-corrected chi connectivity index (χ3v) is 9.54. The van der Waals surface area contributed by atoms with E-state index in [0.29, 0.717) is 39.7 Å². The monoisotopic (exact) mass is 622 g/mol. The first-order valence-corrected chi connectivity index (χ1v) is 15.7. The molecule has 1 aromatic heterocycles. The molecule has 12 heteroatoms. The smallest absolute Gasteiger partial charge is 0.330 e. The van der Waals surface area contributed by atoms with E-state index in [9.17, 15) is 23.9 Å². The Morgan fingerprint density at radius 1 is 1.20 bits per heavy atom. The summed E-state index contributed by atoms with van der Waals surface area (Å²) in [6.07, 6.45) is 7.70. The second-order valence-corrected chi connectivity index (χ2v) is 12.6. The van der Waals surface area contributed by atoms with Gasteiger partial charge in [0.25, 0.3) is 5.19 Å². The second-order valence-electron chi connectivity index (χ2n) is 11.6. The van der Waals surface area contributed by atoms with E-state index in [1.807, 2.05) is 36.4 Å². The zero-order chi connectivity index (χ0) is 30.8. The number of carbonyl (C=O) groups is 3. The molecule has 0 bridgehead atoms. The van der Waals surface area contributed by atoms with Gasteiger partial charge in [-0.2, -0.15) is 0 Å². The lowest BCUT2D eigenvalue weighted by Gasteiger charge is -2.30. The first kappa shape index (κ1) is 29.9. The number of aliphatic carboxylic acids is 1. The molecule has 1 saturated carbocycles. The van der Waals surface area contributed by atoms with Gasteiger partial charge in [0.05, 0.1) is 23.9 Å². The molecule has 2 aliphatic heterocycles. The molecule has 2 amide bonds. The van der Waals surface area contributed by atoms with Crippen molar-refractivity contribution in [2.45, 2.75) is 68.7 Å². The Balaban J connectivity index is 1.29. The van der Waals surface area contributed by atoms with Crippen LogP contribution >= 0.6 is 11.3 Å². The van der Waals surface area contributed by atoms with Crippen molar-refractivity contribution in [3.8, 4) is 10.9 Å². The maximum absolute atomic E-state index is 14.3. The maximum Gasteiger partial charge on any atom is 0.330 e. The highest BCUT2D eigenvalue weighted by Gasteiger charge is 2.61. The van der Waals surface area contributed by atoms with E-state index in [1.54, 1.807) is 13.2 Å². The Morgan fingerprint density at radius 3 is 2.89 bits per heavy atom. The molecule has 3 heterocycles. The number of carboxylic acids is 1. The molecule has 6 rings (SSSR count). The standard InChI is InChI=1S/C32H35FN4O6S/c1-42-22-10-7-9-21(15-22)34-25-11-6-4-2-3-5-8-19-17-32(19,30(40)41)36-28(38)26-16-23(18-37(26)29(25)39)43-31-35-24-13-12-20(33)14-27(24)44-31/h5,7-10,12-15,19,23,25-26,34H,2-4,6,11,16-18H2,1H3,(H,36,38)(H,40,41)/t19-,23-,25+,26+,32-/m1/s1. The highest BCUT2D eigenvalue weighted by molar-refractivity contribution is 7.20. The predicted octanol–water partition coefficient (Wildman–Crippen LogP) is 4.75. The molecule has 2 aromatic carbocycles. The zero-order valence-electron chi connectivity index (χ0n) is 24.3. The van der Waals surface area contributed by atoms with Gasteiger partial charge in [-0.3, -0.25) is 9.59 Å². The number of rotatable bonds is 6. The number of benzene rings is 2. The number of aromatic nitrogens is 1. The van der Waals surface area contributed by atoms with E-state index in [2.05, 4.69) is 15.6 Å². The number of methoxy groups -OCH3 is 1. The number of ether oxygens (including phenoxy) is 2. The summed E-state index contributed by atoms with van der Waals surface area (Å²) in [6.45, 7) is 0.112. The summed E-state index contributed by atoms with van der Waals surface area (Å²) in [5, 5.41) is 16.5. The average molecular weight is 623 g/mol. The van der Waals surface area contributed by atoms with Gasteiger partial charge in [-0.05, 0) is 56.0 Å². The number of thiazole rings is 1. The van der Waals surface area contributed by atoms with Gasteiger partial charge in [0, 0.05) is 24.1 Å². The SMILES string of the molecule is COc1cccc(N[C@H]2CCCCCC=C[C@@H]3C[C@@]3(C(=O)O)NC(=O)[C@@H]3C[C@@H](Oc4nc5ccc(F)cc5s4)CN3C2=O)c1. The van der Waals surface area contributed by atoms with Crippen molar-refractivity contribution in [2.24, 2.45) is 5.92 Å². The lowest BCUT2D eigenvalue weighted by atomic mass is 10.0. The largest absolute Gasteiger partial charge is 0.497 e. The molecular formula is C32H35FN4O6S. The zero-order valence-corrected chi connectivity index (χ0v) is 25.1. The van der Waals surface area contributed by atoms with E-state index >= 15 is 0 Å². The van der Waals surface area contributed by atoms with E-state index < -0.39 is 35.6 Å². The van der Waals surface area contributed by atoms with Crippen LogP contribution in [0.25, 0.3) is 10.2 Å². The van der Waals surface area contributed by atoms with Gasteiger partial charge in [-0.25, -0.2) is 14.2 Å². The third-order valence-electron chi connectivity index (χ3n) is 8.63. The first-order valence-electron chi connectivity index (χ1n) is 14.9. The summed E-state index contributed by atoms with van der Waals surface area (Å²) in [7, 11) is 1.58. The Bertz CT molecular complexity index is 1600. The predicted molar refractivity (Wildman–Crippen MR) is 163 cm³/mol. The summed E-state index contributed by atoms with van der Waals surface area (Å²) in [5.41, 5.74) is -0.0905. The molecule has 3 N–H and O–H groups in total. The number of halogens is 1. The Labute approximate surface area is 258 Å². The minimum absolute atomic E-state index is 0.112. The van der Waals surface area contributed by atoms with Crippen LogP contribution < -0.4 is 20.1 Å². The van der Waals surface area contributed by atoms with E-state index in [1.165, 1.54) is 28.4 Å². The molecule has 2 fully saturated rings. The molecule has 1 saturated heterocycles. The van der Waals surface area contributed by atoms with Gasteiger partial charge >= 0.3 is 5.97 Å². The van der Waals surface area contributed by atoms with E-state index in [-0.39, 0.29) is 30.6 Å². The van der Waals surface area contributed by atoms with Crippen molar-refractivity contribution < 1.29 is 33.4 Å². The van der Waals surface area contributed by atoms with Crippen LogP contribution in [-0.4, -0.2) is 70.2 Å². The van der Waals surface area contributed by atoms with Crippen molar-refractivity contribution in [1.29, 1.82) is 0 Å². The molecule has 10 nitrogen and oxygen atoms in total. The van der Waals surface area contributed by atoms with Gasteiger partial charge in [-0.1, -0.05) is 42.4 Å². The van der Waals surface area contributed by atoms with E-state index in [4.69, 9.17) is 9.47 Å². The van der Waals surface area contributed by atoms with Crippen LogP contribution in [0.4, 0.5) is 10.1 Å². The Hall–Kier alpha value is -4.19. The summed E-state index contributed by atoms with van der Waals surface area (Å²) in [5.74, 6) is -1.92. The highest BCUT2D eigenvalue weighted by atomic mass is 32.1. The molecule has 1 aliphatic carbocycles. The van der Waals surface area contributed by atoms with Gasteiger partial charge in [0.1, 0.15) is 35.3 Å². The van der Waals surface area contributed by atoms with E-state index in [0.717, 1.165) is 25.7 Å². The minimum atomic E-state index is -1.39. The number of hydrogen-bond acceptors (Lipinski definition) is 8. The van der Waals surface area contributed by atoms with Gasteiger partial charge in [0.2, 0.25) is 11.8 Å². The topological polar surface area (TPSA) is 130 Å². The Kier molecular flexibility index (Phi) is 8.44. The van der Waals surface area contributed by atoms with Crippen molar-refractivity contribution in [3.63, 3.8) is 0 Å². The fourth-order valence-corrected chi connectivity index (χ4v) is 7.04. The van der Waals surface area contributed by atoms with Crippen LogP contribution in [0, 0.1) is 11.7 Å². The lowest BCUT2D eigenvalue weighted by molar-refractivity contribution is -0.145. The summed E-state index contributed by atoms with van der Waals surface area (Å²) in [6, 6.07) is 10.0.